The SMILES string of the molecule is ON=C(Cn1cccn1)C1CCCCCC1. The van der Waals surface area contributed by atoms with Gasteiger partial charge in [0.25, 0.3) is 0 Å². The normalized spacial score (nSPS) is 19.6. The van der Waals surface area contributed by atoms with Gasteiger partial charge in [0.15, 0.2) is 0 Å². The molecule has 88 valence electrons. The van der Waals surface area contributed by atoms with E-state index in [0.29, 0.717) is 12.5 Å². The fourth-order valence-corrected chi connectivity index (χ4v) is 2.41. The Kier molecular flexibility index (Phi) is 3.97. The van der Waals surface area contributed by atoms with E-state index >= 15 is 0 Å². The first-order chi connectivity index (χ1) is 7.90. The summed E-state index contributed by atoms with van der Waals surface area (Å²) >= 11 is 0. The predicted molar refractivity (Wildman–Crippen MR) is 62.6 cm³/mol. The maximum atomic E-state index is 9.12. The maximum absolute atomic E-state index is 9.12. The molecular formula is C12H19N3O. The summed E-state index contributed by atoms with van der Waals surface area (Å²) in [6.45, 7) is 0.619. The minimum absolute atomic E-state index is 0.441. The standard InChI is InChI=1S/C12H19N3O/c16-14-12(10-15-9-5-8-13-15)11-6-3-1-2-4-7-11/h5,8-9,11,16H,1-4,6-7,10H2. The van der Waals surface area contributed by atoms with E-state index < -0.39 is 0 Å². The van der Waals surface area contributed by atoms with E-state index in [1.165, 1.54) is 25.7 Å². The minimum atomic E-state index is 0.441. The topological polar surface area (TPSA) is 50.4 Å². The first kappa shape index (κ1) is 11.2. The van der Waals surface area contributed by atoms with Crippen molar-refractivity contribution in [3.8, 4) is 0 Å². The second-order valence-electron chi connectivity index (χ2n) is 4.48. The molecule has 0 bridgehead atoms. The van der Waals surface area contributed by atoms with Crippen molar-refractivity contribution in [2.75, 3.05) is 0 Å². The number of nitrogens with zero attached hydrogens (tertiary/aromatic N) is 3. The van der Waals surface area contributed by atoms with Gasteiger partial charge in [-0.1, -0.05) is 30.8 Å². The van der Waals surface area contributed by atoms with Crippen molar-refractivity contribution in [2.45, 2.75) is 45.1 Å². The Bertz CT molecular complexity index is 324. The number of aromatic nitrogens is 2. The molecule has 4 nitrogen and oxygen atoms in total. The molecule has 1 aromatic heterocycles. The Morgan fingerprint density at radius 3 is 2.62 bits per heavy atom. The van der Waals surface area contributed by atoms with Crippen LogP contribution in [0.2, 0.25) is 0 Å². The quantitative estimate of drug-likeness (QED) is 0.369. The molecule has 1 N–H and O–H groups in total. The second kappa shape index (κ2) is 5.68. The molecular weight excluding hydrogens is 202 g/mol. The van der Waals surface area contributed by atoms with Gasteiger partial charge in [-0.3, -0.25) is 4.68 Å². The molecule has 0 atom stereocenters. The average molecular weight is 221 g/mol. The molecule has 0 aliphatic heterocycles. The molecule has 0 amide bonds. The van der Waals surface area contributed by atoms with E-state index in [2.05, 4.69) is 10.3 Å². The molecule has 16 heavy (non-hydrogen) atoms. The zero-order valence-electron chi connectivity index (χ0n) is 9.55. The Morgan fingerprint density at radius 2 is 2.06 bits per heavy atom. The summed E-state index contributed by atoms with van der Waals surface area (Å²) in [6.07, 6.45) is 11.1. The van der Waals surface area contributed by atoms with Gasteiger partial charge in [0.2, 0.25) is 0 Å². The summed E-state index contributed by atoms with van der Waals surface area (Å²) < 4.78 is 1.82. The molecule has 1 aromatic rings. The molecule has 0 spiro atoms. The van der Waals surface area contributed by atoms with Crippen LogP contribution in [0.1, 0.15) is 38.5 Å². The Balaban J connectivity index is 1.98. The van der Waals surface area contributed by atoms with E-state index in [4.69, 9.17) is 5.21 Å². The smallest absolute Gasteiger partial charge is 0.0828 e. The van der Waals surface area contributed by atoms with Crippen LogP contribution in [0.15, 0.2) is 23.6 Å². The molecule has 1 fully saturated rings. The molecule has 0 aromatic carbocycles. The zero-order valence-corrected chi connectivity index (χ0v) is 9.55. The van der Waals surface area contributed by atoms with Crippen LogP contribution >= 0.6 is 0 Å². The fourth-order valence-electron chi connectivity index (χ4n) is 2.41. The van der Waals surface area contributed by atoms with Gasteiger partial charge >= 0.3 is 0 Å². The van der Waals surface area contributed by atoms with Crippen LogP contribution in [0.3, 0.4) is 0 Å². The van der Waals surface area contributed by atoms with Crippen LogP contribution in [-0.2, 0) is 6.54 Å². The van der Waals surface area contributed by atoms with Crippen molar-refractivity contribution in [1.82, 2.24) is 9.78 Å². The van der Waals surface area contributed by atoms with Gasteiger partial charge in [-0.05, 0) is 18.9 Å². The minimum Gasteiger partial charge on any atom is -0.411 e. The highest BCUT2D eigenvalue weighted by molar-refractivity contribution is 5.86. The molecule has 2 rings (SSSR count). The number of hydrogen-bond donors (Lipinski definition) is 1. The summed E-state index contributed by atoms with van der Waals surface area (Å²) in [5.74, 6) is 0.441. The van der Waals surface area contributed by atoms with Crippen molar-refractivity contribution in [2.24, 2.45) is 11.1 Å². The van der Waals surface area contributed by atoms with Crippen LogP contribution in [-0.4, -0.2) is 20.7 Å². The first-order valence-corrected chi connectivity index (χ1v) is 6.08. The number of hydrogen-bond acceptors (Lipinski definition) is 3. The van der Waals surface area contributed by atoms with Crippen molar-refractivity contribution >= 4 is 5.71 Å². The molecule has 0 radical (unpaired) electrons. The van der Waals surface area contributed by atoms with Crippen molar-refractivity contribution in [1.29, 1.82) is 0 Å². The lowest BCUT2D eigenvalue weighted by Crippen LogP contribution is -2.20. The molecule has 0 unspecified atom stereocenters. The van der Waals surface area contributed by atoms with Crippen LogP contribution in [0.5, 0.6) is 0 Å². The van der Waals surface area contributed by atoms with Crippen molar-refractivity contribution in [3.05, 3.63) is 18.5 Å². The maximum Gasteiger partial charge on any atom is 0.0828 e. The average Bonchev–Trinajstić information content (AvgIpc) is 2.67. The van der Waals surface area contributed by atoms with Crippen molar-refractivity contribution in [3.63, 3.8) is 0 Å². The molecule has 0 saturated heterocycles. The van der Waals surface area contributed by atoms with Gasteiger partial charge < -0.3 is 5.21 Å². The van der Waals surface area contributed by atoms with E-state index in [-0.39, 0.29) is 0 Å². The summed E-state index contributed by atoms with van der Waals surface area (Å²) in [4.78, 5) is 0. The van der Waals surface area contributed by atoms with Gasteiger partial charge in [-0.2, -0.15) is 5.10 Å². The third-order valence-corrected chi connectivity index (χ3v) is 3.34. The van der Waals surface area contributed by atoms with E-state index in [9.17, 15) is 0 Å². The third-order valence-electron chi connectivity index (χ3n) is 3.34. The lowest BCUT2D eigenvalue weighted by atomic mass is 9.95. The first-order valence-electron chi connectivity index (χ1n) is 6.08. The lowest BCUT2D eigenvalue weighted by Gasteiger charge is -2.15. The van der Waals surface area contributed by atoms with Crippen molar-refractivity contribution < 1.29 is 5.21 Å². The largest absolute Gasteiger partial charge is 0.411 e. The molecule has 1 aliphatic rings. The lowest BCUT2D eigenvalue weighted by molar-refractivity contribution is 0.310. The summed E-state index contributed by atoms with van der Waals surface area (Å²) in [5.41, 5.74) is 0.880. The van der Waals surface area contributed by atoms with Crippen LogP contribution < -0.4 is 0 Å². The van der Waals surface area contributed by atoms with Crippen LogP contribution in [0.4, 0.5) is 0 Å². The summed E-state index contributed by atoms with van der Waals surface area (Å²) in [7, 11) is 0. The van der Waals surface area contributed by atoms with Gasteiger partial charge in [0.1, 0.15) is 0 Å². The predicted octanol–water partition coefficient (Wildman–Crippen LogP) is 2.68. The van der Waals surface area contributed by atoms with Gasteiger partial charge in [-0.25, -0.2) is 0 Å². The Hall–Kier alpha value is -1.32. The highest BCUT2D eigenvalue weighted by atomic mass is 16.4. The molecule has 1 aliphatic carbocycles. The van der Waals surface area contributed by atoms with E-state index in [1.54, 1.807) is 6.20 Å². The molecule has 4 heteroatoms. The van der Waals surface area contributed by atoms with Crippen LogP contribution in [0, 0.1) is 5.92 Å². The third kappa shape index (κ3) is 2.84. The zero-order chi connectivity index (χ0) is 11.2. The fraction of sp³-hybridized carbons (Fsp3) is 0.667. The molecule has 1 heterocycles. The summed E-state index contributed by atoms with van der Waals surface area (Å²) in [6, 6.07) is 1.89. The van der Waals surface area contributed by atoms with Gasteiger partial charge in [0, 0.05) is 18.3 Å². The number of rotatable bonds is 3. The summed E-state index contributed by atoms with van der Waals surface area (Å²) in [5, 5.41) is 16.7. The highest BCUT2D eigenvalue weighted by Gasteiger charge is 2.19. The van der Waals surface area contributed by atoms with Gasteiger partial charge in [-0.15, -0.1) is 0 Å². The van der Waals surface area contributed by atoms with Crippen LogP contribution in [0.25, 0.3) is 0 Å². The van der Waals surface area contributed by atoms with E-state index in [1.807, 2.05) is 16.9 Å². The highest BCUT2D eigenvalue weighted by Crippen LogP contribution is 2.24. The number of oxime groups is 1. The molecule has 1 saturated carbocycles. The van der Waals surface area contributed by atoms with Gasteiger partial charge in [0.05, 0.1) is 12.3 Å². The Labute approximate surface area is 96.0 Å². The van der Waals surface area contributed by atoms with E-state index in [0.717, 1.165) is 18.6 Å². The Morgan fingerprint density at radius 1 is 1.31 bits per heavy atom. The monoisotopic (exact) mass is 221 g/mol. The second-order valence-corrected chi connectivity index (χ2v) is 4.48.